The van der Waals surface area contributed by atoms with Crippen molar-refractivity contribution in [2.24, 2.45) is 0 Å². The highest BCUT2D eigenvalue weighted by molar-refractivity contribution is 5.92. The Bertz CT molecular complexity index is 712. The number of hydrazine groups is 1. The van der Waals surface area contributed by atoms with Gasteiger partial charge in [-0.3, -0.25) is 25.1 Å². The molecule has 0 saturated carbocycles. The lowest BCUT2D eigenvalue weighted by Gasteiger charge is -2.06. The second-order valence-corrected chi connectivity index (χ2v) is 4.90. The monoisotopic (exact) mass is 302 g/mol. The number of hydrogen-bond acceptors (Lipinski definition) is 4. The molecule has 0 atom stereocenters. The van der Waals surface area contributed by atoms with Gasteiger partial charge < -0.3 is 4.42 Å². The maximum Gasteiger partial charge on any atom is 0.262 e. The third kappa shape index (κ3) is 4.34. The molecule has 2 aromatic rings. The first-order valence-electron chi connectivity index (χ1n) is 6.78. The number of amides is 2. The van der Waals surface area contributed by atoms with Crippen LogP contribution in [0.3, 0.4) is 0 Å². The summed E-state index contributed by atoms with van der Waals surface area (Å²) in [5.41, 5.74) is 6.35. The smallest absolute Gasteiger partial charge is 0.262 e. The van der Waals surface area contributed by atoms with Gasteiger partial charge in [-0.1, -0.05) is 0 Å². The van der Waals surface area contributed by atoms with Gasteiger partial charge in [0.05, 0.1) is 5.69 Å². The second-order valence-electron chi connectivity index (χ2n) is 4.90. The molecule has 2 rings (SSSR count). The minimum absolute atomic E-state index is 0.0427. The zero-order valence-corrected chi connectivity index (χ0v) is 12.7. The summed E-state index contributed by atoms with van der Waals surface area (Å²) in [6.45, 7) is 5.57. The van der Waals surface area contributed by atoms with Crippen LogP contribution in [0.15, 0.2) is 28.7 Å². The Labute approximate surface area is 128 Å². The molecule has 116 valence electrons. The minimum Gasteiger partial charge on any atom is -0.462 e. The van der Waals surface area contributed by atoms with E-state index in [0.29, 0.717) is 5.76 Å². The molecular weight excluding hydrogens is 284 g/mol. The number of nitrogens with one attached hydrogen (secondary N) is 2. The predicted octanol–water partition coefficient (Wildman–Crippen LogP) is 1.26. The first-order valence-corrected chi connectivity index (χ1v) is 6.78. The maximum atomic E-state index is 11.7. The Hall–Kier alpha value is -2.83. The lowest BCUT2D eigenvalue weighted by Crippen LogP contribution is -2.42. The van der Waals surface area contributed by atoms with Crippen LogP contribution < -0.4 is 10.9 Å². The molecular formula is C15H18N4O3. The van der Waals surface area contributed by atoms with Crippen molar-refractivity contribution in [3.63, 3.8) is 0 Å². The second kappa shape index (κ2) is 6.75. The predicted molar refractivity (Wildman–Crippen MR) is 80.5 cm³/mol. The Morgan fingerprint density at radius 1 is 1.27 bits per heavy atom. The molecule has 2 heterocycles. The first-order chi connectivity index (χ1) is 10.4. The Balaban J connectivity index is 1.79. The standard InChI is InChI=1S/C15H18N4O3/c1-10-8-11(2)19(18-10)9-15(21)17-16-14(20)7-6-13-5-4-12(3)22-13/h4-8H,9H2,1-3H3,(H,16,20)(H,17,21)/b7-6+. The Morgan fingerprint density at radius 2 is 2.05 bits per heavy atom. The molecule has 2 N–H and O–H groups in total. The minimum atomic E-state index is -0.448. The molecule has 0 radical (unpaired) electrons. The largest absolute Gasteiger partial charge is 0.462 e. The number of nitrogens with zero attached hydrogens (tertiary/aromatic N) is 2. The van der Waals surface area contributed by atoms with E-state index in [1.165, 1.54) is 12.2 Å². The zero-order chi connectivity index (χ0) is 16.1. The van der Waals surface area contributed by atoms with Gasteiger partial charge in [0.25, 0.3) is 11.8 Å². The summed E-state index contributed by atoms with van der Waals surface area (Å²) in [5.74, 6) is 0.525. The van der Waals surface area contributed by atoms with Gasteiger partial charge in [-0.05, 0) is 45.0 Å². The highest BCUT2D eigenvalue weighted by Crippen LogP contribution is 2.07. The number of hydrogen-bond donors (Lipinski definition) is 2. The van der Waals surface area contributed by atoms with Gasteiger partial charge in [-0.25, -0.2) is 0 Å². The summed E-state index contributed by atoms with van der Waals surface area (Å²) in [4.78, 5) is 23.3. The average Bonchev–Trinajstić information content (AvgIpc) is 3.00. The number of rotatable bonds is 4. The van der Waals surface area contributed by atoms with Crippen molar-refractivity contribution in [3.05, 3.63) is 47.2 Å². The number of aromatic nitrogens is 2. The fraction of sp³-hybridized carbons (Fsp3) is 0.267. The van der Waals surface area contributed by atoms with Gasteiger partial charge in [0, 0.05) is 11.8 Å². The summed E-state index contributed by atoms with van der Waals surface area (Å²) in [7, 11) is 0. The molecule has 0 fully saturated rings. The van der Waals surface area contributed by atoms with Crippen LogP contribution in [0.5, 0.6) is 0 Å². The summed E-state index contributed by atoms with van der Waals surface area (Å²) in [6.07, 6.45) is 2.80. The van der Waals surface area contributed by atoms with E-state index in [1.807, 2.05) is 26.8 Å². The van der Waals surface area contributed by atoms with E-state index in [9.17, 15) is 9.59 Å². The van der Waals surface area contributed by atoms with Crippen LogP contribution in [0, 0.1) is 20.8 Å². The molecule has 0 bridgehead atoms. The normalized spacial score (nSPS) is 10.9. The fourth-order valence-corrected chi connectivity index (χ4v) is 1.88. The van der Waals surface area contributed by atoms with Crippen molar-refractivity contribution in [1.82, 2.24) is 20.6 Å². The van der Waals surface area contributed by atoms with Gasteiger partial charge >= 0.3 is 0 Å². The van der Waals surface area contributed by atoms with Crippen LogP contribution >= 0.6 is 0 Å². The van der Waals surface area contributed by atoms with Gasteiger partial charge in [-0.2, -0.15) is 5.10 Å². The molecule has 0 aliphatic heterocycles. The van der Waals surface area contributed by atoms with Gasteiger partial charge in [0.2, 0.25) is 0 Å². The number of furan rings is 1. The van der Waals surface area contributed by atoms with Crippen molar-refractivity contribution in [2.45, 2.75) is 27.3 Å². The Morgan fingerprint density at radius 3 is 2.64 bits per heavy atom. The summed E-state index contributed by atoms with van der Waals surface area (Å²) < 4.78 is 6.86. The maximum absolute atomic E-state index is 11.7. The lowest BCUT2D eigenvalue weighted by atomic mass is 10.4. The molecule has 0 aliphatic rings. The molecule has 2 amide bonds. The average molecular weight is 302 g/mol. The van der Waals surface area contributed by atoms with Crippen molar-refractivity contribution in [3.8, 4) is 0 Å². The van der Waals surface area contributed by atoms with Crippen molar-refractivity contribution < 1.29 is 14.0 Å². The third-order valence-electron chi connectivity index (χ3n) is 2.88. The summed E-state index contributed by atoms with van der Waals surface area (Å²) >= 11 is 0. The van der Waals surface area contributed by atoms with E-state index in [-0.39, 0.29) is 12.5 Å². The van der Waals surface area contributed by atoms with E-state index in [1.54, 1.807) is 16.8 Å². The van der Waals surface area contributed by atoms with Gasteiger partial charge in [-0.15, -0.1) is 0 Å². The quantitative estimate of drug-likeness (QED) is 0.657. The molecule has 7 heteroatoms. The van der Waals surface area contributed by atoms with E-state index >= 15 is 0 Å². The zero-order valence-electron chi connectivity index (χ0n) is 12.7. The number of carbonyl (C=O) groups is 2. The molecule has 2 aromatic heterocycles. The van der Waals surface area contributed by atoms with Crippen LogP contribution in [-0.4, -0.2) is 21.6 Å². The molecule has 0 aliphatic carbocycles. The van der Waals surface area contributed by atoms with E-state index in [2.05, 4.69) is 16.0 Å². The molecule has 7 nitrogen and oxygen atoms in total. The van der Waals surface area contributed by atoms with Crippen LogP contribution in [-0.2, 0) is 16.1 Å². The topological polar surface area (TPSA) is 89.2 Å². The van der Waals surface area contributed by atoms with Crippen LogP contribution in [0.1, 0.15) is 22.9 Å². The van der Waals surface area contributed by atoms with Crippen LogP contribution in [0.4, 0.5) is 0 Å². The van der Waals surface area contributed by atoms with Crippen LogP contribution in [0.25, 0.3) is 6.08 Å². The highest BCUT2D eigenvalue weighted by atomic mass is 16.3. The van der Waals surface area contributed by atoms with Gasteiger partial charge in [0.15, 0.2) is 0 Å². The summed E-state index contributed by atoms with van der Waals surface area (Å²) in [5, 5.41) is 4.17. The highest BCUT2D eigenvalue weighted by Gasteiger charge is 2.07. The molecule has 0 aromatic carbocycles. The van der Waals surface area contributed by atoms with Crippen LogP contribution in [0.2, 0.25) is 0 Å². The van der Waals surface area contributed by atoms with E-state index in [4.69, 9.17) is 4.42 Å². The van der Waals surface area contributed by atoms with E-state index in [0.717, 1.165) is 17.1 Å². The summed E-state index contributed by atoms with van der Waals surface area (Å²) in [6, 6.07) is 5.42. The van der Waals surface area contributed by atoms with Gasteiger partial charge in [0.1, 0.15) is 18.1 Å². The SMILES string of the molecule is Cc1cc(C)n(CC(=O)NNC(=O)/C=C/c2ccc(C)o2)n1. The molecule has 0 saturated heterocycles. The first kappa shape index (κ1) is 15.6. The van der Waals surface area contributed by atoms with E-state index < -0.39 is 5.91 Å². The third-order valence-corrected chi connectivity index (χ3v) is 2.88. The Kier molecular flexibility index (Phi) is 4.77. The number of aryl methyl sites for hydroxylation is 3. The molecule has 22 heavy (non-hydrogen) atoms. The number of carbonyl (C=O) groups excluding carboxylic acids is 2. The van der Waals surface area contributed by atoms with Crippen molar-refractivity contribution in [2.75, 3.05) is 0 Å². The molecule has 0 unspecified atom stereocenters. The molecule has 0 spiro atoms. The fourth-order valence-electron chi connectivity index (χ4n) is 1.88. The lowest BCUT2D eigenvalue weighted by molar-refractivity contribution is -0.127. The van der Waals surface area contributed by atoms with Crippen molar-refractivity contribution >= 4 is 17.9 Å². The van der Waals surface area contributed by atoms with Crippen molar-refractivity contribution in [1.29, 1.82) is 0 Å².